The summed E-state index contributed by atoms with van der Waals surface area (Å²) in [5.41, 5.74) is 2.45. The number of aliphatic hydroxyl groups excluding tert-OH is 2. The van der Waals surface area contributed by atoms with E-state index in [1.807, 2.05) is 0 Å². The van der Waals surface area contributed by atoms with Gasteiger partial charge in [0, 0.05) is 23.5 Å². The molecule has 1 aliphatic rings. The van der Waals surface area contributed by atoms with Crippen molar-refractivity contribution >= 4 is 9.84 Å². The molecule has 0 radical (unpaired) electrons. The lowest BCUT2D eigenvalue weighted by Gasteiger charge is -2.25. The minimum Gasteiger partial charge on any atom is -0.393 e. The maximum atomic E-state index is 14.7. The number of nitrogens with zero attached hydrogens (tertiary/aromatic N) is 2. The van der Waals surface area contributed by atoms with Crippen molar-refractivity contribution in [2.24, 2.45) is 0 Å². The summed E-state index contributed by atoms with van der Waals surface area (Å²) in [6, 6.07) is 11.3. The van der Waals surface area contributed by atoms with E-state index in [0.29, 0.717) is 28.1 Å². The van der Waals surface area contributed by atoms with Crippen LogP contribution in [0, 0.1) is 17.7 Å². The van der Waals surface area contributed by atoms with Crippen molar-refractivity contribution in [3.8, 4) is 23.0 Å². The molecule has 0 amide bonds. The molecule has 1 aliphatic heterocycles. The molecule has 2 atom stereocenters. The molecule has 1 fully saturated rings. The first-order chi connectivity index (χ1) is 16.3. The van der Waals surface area contributed by atoms with Crippen molar-refractivity contribution in [3.63, 3.8) is 0 Å². The SMILES string of the molecule is C[C@H](O)c1nccn1[C@@H](C#Cc1ccc(-c2ccc(COC3CS(=O)(=O)C3)cc2F)cc1)CO. The number of aromatic nitrogens is 2. The van der Waals surface area contributed by atoms with Crippen LogP contribution in [0.3, 0.4) is 0 Å². The lowest BCUT2D eigenvalue weighted by Crippen LogP contribution is -2.43. The van der Waals surface area contributed by atoms with Gasteiger partial charge in [0.25, 0.3) is 0 Å². The van der Waals surface area contributed by atoms with Crippen molar-refractivity contribution in [1.29, 1.82) is 0 Å². The van der Waals surface area contributed by atoms with Crippen LogP contribution in [0.4, 0.5) is 4.39 Å². The maximum Gasteiger partial charge on any atom is 0.155 e. The number of rotatable bonds is 7. The number of halogens is 1. The summed E-state index contributed by atoms with van der Waals surface area (Å²) in [7, 11) is -2.95. The van der Waals surface area contributed by atoms with Crippen LogP contribution in [-0.2, 0) is 21.2 Å². The molecule has 2 aromatic carbocycles. The third kappa shape index (κ3) is 5.54. The van der Waals surface area contributed by atoms with Crippen molar-refractivity contribution in [2.75, 3.05) is 18.1 Å². The molecule has 7 nitrogen and oxygen atoms in total. The van der Waals surface area contributed by atoms with Gasteiger partial charge in [0.05, 0.1) is 30.8 Å². The normalized spacial score (nSPS) is 16.8. The molecule has 2 N–H and O–H groups in total. The third-order valence-corrected chi connectivity index (χ3v) is 7.32. The van der Waals surface area contributed by atoms with Gasteiger partial charge in [-0.3, -0.25) is 0 Å². The molecule has 0 bridgehead atoms. The number of hydrogen-bond donors (Lipinski definition) is 2. The lowest BCUT2D eigenvalue weighted by molar-refractivity contribution is 0.0601. The zero-order chi connectivity index (χ0) is 24.3. The summed E-state index contributed by atoms with van der Waals surface area (Å²) in [5.74, 6) is 6.05. The van der Waals surface area contributed by atoms with Crippen LogP contribution < -0.4 is 0 Å². The first-order valence-corrected chi connectivity index (χ1v) is 12.6. The summed E-state index contributed by atoms with van der Waals surface area (Å²) in [4.78, 5) is 4.10. The van der Waals surface area contributed by atoms with E-state index in [-0.39, 0.29) is 30.8 Å². The predicted molar refractivity (Wildman–Crippen MR) is 125 cm³/mol. The van der Waals surface area contributed by atoms with Gasteiger partial charge in [-0.25, -0.2) is 17.8 Å². The molecular weight excluding hydrogens is 459 g/mol. The average molecular weight is 485 g/mol. The van der Waals surface area contributed by atoms with E-state index in [1.165, 1.54) is 6.07 Å². The van der Waals surface area contributed by atoms with Crippen LogP contribution in [0.15, 0.2) is 54.9 Å². The van der Waals surface area contributed by atoms with Crippen LogP contribution in [-0.4, -0.2) is 52.4 Å². The van der Waals surface area contributed by atoms with Crippen molar-refractivity contribution in [3.05, 3.63) is 77.6 Å². The predicted octanol–water partition coefficient (Wildman–Crippen LogP) is 2.64. The highest BCUT2D eigenvalue weighted by Gasteiger charge is 2.34. The molecule has 0 spiro atoms. The molecule has 3 aromatic rings. The highest BCUT2D eigenvalue weighted by molar-refractivity contribution is 7.92. The van der Waals surface area contributed by atoms with E-state index in [4.69, 9.17) is 4.74 Å². The zero-order valence-electron chi connectivity index (χ0n) is 18.6. The van der Waals surface area contributed by atoms with E-state index in [1.54, 1.807) is 60.3 Å². The Kier molecular flexibility index (Phi) is 7.14. The second kappa shape index (κ2) is 10.1. The highest BCUT2D eigenvalue weighted by atomic mass is 32.2. The summed E-state index contributed by atoms with van der Waals surface area (Å²) < 4.78 is 44.3. The van der Waals surface area contributed by atoms with E-state index >= 15 is 0 Å². The number of imidazole rings is 1. The van der Waals surface area contributed by atoms with Gasteiger partial charge in [0.2, 0.25) is 0 Å². The average Bonchev–Trinajstić information content (AvgIpc) is 3.27. The summed E-state index contributed by atoms with van der Waals surface area (Å²) in [6.07, 6.45) is 2.10. The number of benzene rings is 2. The van der Waals surface area contributed by atoms with Crippen LogP contribution in [0.25, 0.3) is 11.1 Å². The van der Waals surface area contributed by atoms with Crippen LogP contribution in [0.1, 0.15) is 36.0 Å². The summed E-state index contributed by atoms with van der Waals surface area (Å²) in [5, 5.41) is 19.5. The number of aliphatic hydroxyl groups is 2. The highest BCUT2D eigenvalue weighted by Crippen LogP contribution is 2.25. The van der Waals surface area contributed by atoms with Gasteiger partial charge in [0.15, 0.2) is 9.84 Å². The van der Waals surface area contributed by atoms with Gasteiger partial charge in [-0.05, 0) is 36.2 Å². The fraction of sp³-hybridized carbons (Fsp3) is 0.320. The quantitative estimate of drug-likeness (QED) is 0.500. The first-order valence-electron chi connectivity index (χ1n) is 10.8. The maximum absolute atomic E-state index is 14.7. The van der Waals surface area contributed by atoms with Gasteiger partial charge < -0.3 is 19.5 Å². The number of ether oxygens (including phenoxy) is 1. The van der Waals surface area contributed by atoms with Gasteiger partial charge >= 0.3 is 0 Å². The fourth-order valence-electron chi connectivity index (χ4n) is 3.73. The van der Waals surface area contributed by atoms with E-state index in [0.717, 1.165) is 0 Å². The molecule has 178 valence electrons. The van der Waals surface area contributed by atoms with Crippen molar-refractivity contribution in [1.82, 2.24) is 9.55 Å². The minimum absolute atomic E-state index is 0.0197. The smallest absolute Gasteiger partial charge is 0.155 e. The Bertz CT molecular complexity index is 1310. The Morgan fingerprint density at radius 1 is 1.24 bits per heavy atom. The lowest BCUT2D eigenvalue weighted by atomic mass is 10.0. The van der Waals surface area contributed by atoms with Gasteiger partial charge in [-0.1, -0.05) is 36.1 Å². The Labute approximate surface area is 197 Å². The largest absolute Gasteiger partial charge is 0.393 e. The summed E-state index contributed by atoms with van der Waals surface area (Å²) in [6.45, 7) is 1.52. The minimum atomic E-state index is -2.95. The second-order valence-electron chi connectivity index (χ2n) is 8.24. The Balaban J connectivity index is 1.43. The standard InChI is InChI=1S/C25H25FN2O5S/c1-17(30)25-27-10-11-28(25)21(13-29)8-4-18-2-6-20(7-3-18)23-9-5-19(12-24(23)26)14-33-22-15-34(31,32)16-22/h2-3,5-7,9-12,17,21-22,29-30H,13-16H2,1H3/t17-,21-/m0/s1. The molecule has 0 saturated carbocycles. The van der Waals surface area contributed by atoms with Gasteiger partial charge in [-0.2, -0.15) is 0 Å². The Hall–Kier alpha value is -3.03. The monoisotopic (exact) mass is 484 g/mol. The van der Waals surface area contributed by atoms with Crippen LogP contribution in [0.2, 0.25) is 0 Å². The molecule has 0 aliphatic carbocycles. The number of sulfone groups is 1. The van der Waals surface area contributed by atoms with Crippen molar-refractivity contribution in [2.45, 2.75) is 31.8 Å². The molecule has 34 heavy (non-hydrogen) atoms. The molecule has 2 heterocycles. The number of hydrogen-bond acceptors (Lipinski definition) is 6. The third-order valence-electron chi connectivity index (χ3n) is 5.56. The van der Waals surface area contributed by atoms with Gasteiger partial charge in [0.1, 0.15) is 23.8 Å². The molecule has 1 aromatic heterocycles. The van der Waals surface area contributed by atoms with Crippen LogP contribution >= 0.6 is 0 Å². The molecule has 4 rings (SSSR count). The second-order valence-corrected chi connectivity index (χ2v) is 10.4. The van der Waals surface area contributed by atoms with E-state index < -0.39 is 27.8 Å². The van der Waals surface area contributed by atoms with E-state index in [9.17, 15) is 23.0 Å². The molecule has 0 unspecified atom stereocenters. The Morgan fingerprint density at radius 3 is 2.59 bits per heavy atom. The molecular formula is C25H25FN2O5S. The summed E-state index contributed by atoms with van der Waals surface area (Å²) >= 11 is 0. The molecule has 1 saturated heterocycles. The fourth-order valence-corrected chi connectivity index (χ4v) is 4.95. The zero-order valence-corrected chi connectivity index (χ0v) is 19.4. The van der Waals surface area contributed by atoms with Crippen molar-refractivity contribution < 1.29 is 27.8 Å². The Morgan fingerprint density at radius 2 is 1.97 bits per heavy atom. The van der Waals surface area contributed by atoms with Crippen LogP contribution in [0.5, 0.6) is 0 Å². The topological polar surface area (TPSA) is 102 Å². The van der Waals surface area contributed by atoms with E-state index in [2.05, 4.69) is 16.8 Å². The first kappa shape index (κ1) is 24.1. The molecule has 9 heteroatoms. The van der Waals surface area contributed by atoms with Gasteiger partial charge in [-0.15, -0.1) is 0 Å².